The van der Waals surface area contributed by atoms with Gasteiger partial charge in [-0.3, -0.25) is 4.98 Å². The predicted octanol–water partition coefficient (Wildman–Crippen LogP) is 1.94. The lowest BCUT2D eigenvalue weighted by atomic mass is 9.78. The molecule has 0 radical (unpaired) electrons. The fraction of sp³-hybridized carbons (Fsp3) is 0.444. The molecule has 1 aliphatic carbocycles. The Morgan fingerprint density at radius 2 is 2.25 bits per heavy atom. The highest BCUT2D eigenvalue weighted by atomic mass is 35.5. The number of rotatable bonds is 1. The van der Waals surface area contributed by atoms with E-state index in [1.54, 1.807) is 12.3 Å². The third-order valence-electron chi connectivity index (χ3n) is 2.34. The molecule has 2 nitrogen and oxygen atoms in total. The summed E-state index contributed by atoms with van der Waals surface area (Å²) >= 11 is 5.84. The lowest BCUT2D eigenvalue weighted by Crippen LogP contribution is -2.35. The summed E-state index contributed by atoms with van der Waals surface area (Å²) in [5.74, 6) is 0.540. The van der Waals surface area contributed by atoms with Gasteiger partial charge in [-0.1, -0.05) is 11.6 Å². The van der Waals surface area contributed by atoms with Crippen molar-refractivity contribution in [2.75, 3.05) is 0 Å². The molecule has 2 N–H and O–H groups in total. The molecule has 0 spiro atoms. The van der Waals surface area contributed by atoms with Crippen molar-refractivity contribution in [2.45, 2.75) is 24.8 Å². The summed E-state index contributed by atoms with van der Waals surface area (Å²) in [5.41, 5.74) is 6.77. The van der Waals surface area contributed by atoms with E-state index in [0.29, 0.717) is 12.0 Å². The molecule has 1 saturated carbocycles. The first kappa shape index (κ1) is 8.02. The molecule has 2 rings (SSSR count). The Morgan fingerprint density at radius 3 is 2.83 bits per heavy atom. The zero-order valence-electron chi connectivity index (χ0n) is 6.70. The van der Waals surface area contributed by atoms with Gasteiger partial charge in [0.05, 0.1) is 0 Å². The van der Waals surface area contributed by atoms with Gasteiger partial charge in [0.2, 0.25) is 0 Å². The zero-order chi connectivity index (χ0) is 8.55. The SMILES string of the molecule is NC1CC(c2cc(Cl)ccn2)C1. The van der Waals surface area contributed by atoms with Gasteiger partial charge in [-0.25, -0.2) is 0 Å². The van der Waals surface area contributed by atoms with E-state index in [0.717, 1.165) is 23.6 Å². The number of nitrogens with two attached hydrogens (primary N) is 1. The van der Waals surface area contributed by atoms with Crippen LogP contribution in [-0.2, 0) is 0 Å². The summed E-state index contributed by atoms with van der Waals surface area (Å²) in [4.78, 5) is 4.26. The summed E-state index contributed by atoms with van der Waals surface area (Å²) in [5, 5.41) is 0.764. The van der Waals surface area contributed by atoms with Gasteiger partial charge in [-0.05, 0) is 25.0 Å². The van der Waals surface area contributed by atoms with Crippen LogP contribution in [0.25, 0.3) is 0 Å². The van der Waals surface area contributed by atoms with Crippen molar-refractivity contribution >= 4 is 11.6 Å². The third-order valence-corrected chi connectivity index (χ3v) is 2.57. The van der Waals surface area contributed by atoms with Crippen LogP contribution in [0, 0.1) is 0 Å². The molecule has 0 saturated heterocycles. The Hall–Kier alpha value is -0.600. The van der Waals surface area contributed by atoms with Gasteiger partial charge in [-0.15, -0.1) is 0 Å². The molecule has 1 aromatic heterocycles. The van der Waals surface area contributed by atoms with Crippen molar-refractivity contribution in [3.63, 3.8) is 0 Å². The first-order chi connectivity index (χ1) is 5.75. The smallest absolute Gasteiger partial charge is 0.0450 e. The standard InChI is InChI=1S/C9H11ClN2/c10-7-1-2-12-9(5-7)6-3-8(11)4-6/h1-2,5-6,8H,3-4,11H2. The molecule has 3 heteroatoms. The first-order valence-electron chi connectivity index (χ1n) is 4.13. The summed E-state index contributed by atoms with van der Waals surface area (Å²) < 4.78 is 0. The van der Waals surface area contributed by atoms with Crippen LogP contribution in [0.15, 0.2) is 18.3 Å². The zero-order valence-corrected chi connectivity index (χ0v) is 7.46. The van der Waals surface area contributed by atoms with Crippen molar-refractivity contribution in [1.29, 1.82) is 0 Å². The van der Waals surface area contributed by atoms with Crippen molar-refractivity contribution in [2.24, 2.45) is 5.73 Å². The fourth-order valence-electron chi connectivity index (χ4n) is 1.55. The largest absolute Gasteiger partial charge is 0.328 e. The highest BCUT2D eigenvalue weighted by molar-refractivity contribution is 6.30. The minimum atomic E-state index is 0.371. The molecule has 0 unspecified atom stereocenters. The van der Waals surface area contributed by atoms with Crippen LogP contribution in [0.1, 0.15) is 24.5 Å². The molecule has 64 valence electrons. The van der Waals surface area contributed by atoms with Crippen LogP contribution >= 0.6 is 11.6 Å². The average Bonchev–Trinajstić information content (AvgIpc) is 1.99. The first-order valence-corrected chi connectivity index (χ1v) is 4.50. The van der Waals surface area contributed by atoms with Crippen molar-refractivity contribution in [3.8, 4) is 0 Å². The highest BCUT2D eigenvalue weighted by Gasteiger charge is 2.28. The third kappa shape index (κ3) is 1.45. The minimum absolute atomic E-state index is 0.371. The number of hydrogen-bond acceptors (Lipinski definition) is 2. The maximum Gasteiger partial charge on any atom is 0.0450 e. The van der Waals surface area contributed by atoms with E-state index in [4.69, 9.17) is 17.3 Å². The van der Waals surface area contributed by atoms with E-state index in [1.165, 1.54) is 0 Å². The minimum Gasteiger partial charge on any atom is -0.328 e. The molecule has 1 fully saturated rings. The summed E-state index contributed by atoms with van der Waals surface area (Å²) in [6, 6.07) is 4.10. The quantitative estimate of drug-likeness (QED) is 0.721. The van der Waals surface area contributed by atoms with Gasteiger partial charge in [0.15, 0.2) is 0 Å². The van der Waals surface area contributed by atoms with Gasteiger partial charge in [-0.2, -0.15) is 0 Å². The second-order valence-electron chi connectivity index (χ2n) is 3.33. The van der Waals surface area contributed by atoms with Gasteiger partial charge in [0, 0.05) is 28.9 Å². The second kappa shape index (κ2) is 3.04. The van der Waals surface area contributed by atoms with E-state index in [9.17, 15) is 0 Å². The molecule has 1 heterocycles. The van der Waals surface area contributed by atoms with Crippen molar-refractivity contribution < 1.29 is 0 Å². The Balaban J connectivity index is 2.13. The van der Waals surface area contributed by atoms with Crippen LogP contribution in [0.2, 0.25) is 5.02 Å². The molecule has 0 amide bonds. The molecule has 0 bridgehead atoms. The monoisotopic (exact) mass is 182 g/mol. The lowest BCUT2D eigenvalue weighted by Gasteiger charge is -2.31. The number of hydrogen-bond donors (Lipinski definition) is 1. The second-order valence-corrected chi connectivity index (χ2v) is 3.76. The van der Waals surface area contributed by atoms with Crippen LogP contribution in [0.4, 0.5) is 0 Å². The van der Waals surface area contributed by atoms with E-state index in [1.807, 2.05) is 6.07 Å². The van der Waals surface area contributed by atoms with Crippen molar-refractivity contribution in [1.82, 2.24) is 4.98 Å². The number of aromatic nitrogens is 1. The molecule has 1 aliphatic rings. The Kier molecular flexibility index (Phi) is 2.03. The van der Waals surface area contributed by atoms with Gasteiger partial charge in [0.25, 0.3) is 0 Å². The van der Waals surface area contributed by atoms with Crippen LogP contribution in [0.3, 0.4) is 0 Å². The lowest BCUT2D eigenvalue weighted by molar-refractivity contribution is 0.345. The van der Waals surface area contributed by atoms with Gasteiger partial charge < -0.3 is 5.73 Å². The summed E-state index contributed by atoms with van der Waals surface area (Å²) in [6.07, 6.45) is 3.85. The van der Waals surface area contributed by atoms with Crippen LogP contribution in [0.5, 0.6) is 0 Å². The molecule has 0 atom stereocenters. The number of pyridine rings is 1. The Morgan fingerprint density at radius 1 is 1.50 bits per heavy atom. The summed E-state index contributed by atoms with van der Waals surface area (Å²) in [6.45, 7) is 0. The molecular weight excluding hydrogens is 172 g/mol. The molecule has 0 aliphatic heterocycles. The van der Waals surface area contributed by atoms with Crippen LogP contribution < -0.4 is 5.73 Å². The van der Waals surface area contributed by atoms with Crippen LogP contribution in [-0.4, -0.2) is 11.0 Å². The maximum atomic E-state index is 5.84. The average molecular weight is 183 g/mol. The molecule has 12 heavy (non-hydrogen) atoms. The van der Waals surface area contributed by atoms with Crippen molar-refractivity contribution in [3.05, 3.63) is 29.0 Å². The highest BCUT2D eigenvalue weighted by Crippen LogP contribution is 2.34. The summed E-state index contributed by atoms with van der Waals surface area (Å²) in [7, 11) is 0. The number of halogens is 1. The molecule has 0 aromatic carbocycles. The normalized spacial score (nSPS) is 28.2. The van der Waals surface area contributed by atoms with E-state index in [-0.39, 0.29) is 0 Å². The van der Waals surface area contributed by atoms with Gasteiger partial charge >= 0.3 is 0 Å². The maximum absolute atomic E-state index is 5.84. The van der Waals surface area contributed by atoms with E-state index >= 15 is 0 Å². The van der Waals surface area contributed by atoms with Gasteiger partial charge in [0.1, 0.15) is 0 Å². The molecule has 1 aromatic rings. The predicted molar refractivity (Wildman–Crippen MR) is 49.2 cm³/mol. The van der Waals surface area contributed by atoms with E-state index in [2.05, 4.69) is 4.98 Å². The Bertz CT molecular complexity index is 282. The molecular formula is C9H11ClN2. The topological polar surface area (TPSA) is 38.9 Å². The fourth-order valence-corrected chi connectivity index (χ4v) is 1.72. The Labute approximate surface area is 76.7 Å². The van der Waals surface area contributed by atoms with E-state index < -0.39 is 0 Å². The number of nitrogens with zero attached hydrogens (tertiary/aromatic N) is 1.